The standard InChI is InChI=1S/C27H32N2O6/c1-4-18-35-25(32)29-27(24(31)34-3)16-14-26(15-17-27,20-10-6-5-7-11-20)19-28-23(30)21-12-8-9-13-22(21)33-2/h4-13H,1,14-19H2,2-3H3,(H,28,30)(H,29,32)/t26-,27-. The number of hydrogen-bond acceptors (Lipinski definition) is 6. The van der Waals surface area contributed by atoms with Crippen LogP contribution in [0.1, 0.15) is 41.6 Å². The maximum absolute atomic E-state index is 13.0. The summed E-state index contributed by atoms with van der Waals surface area (Å²) in [6, 6.07) is 16.9. The van der Waals surface area contributed by atoms with Gasteiger partial charge in [0.05, 0.1) is 19.8 Å². The number of carbonyl (C=O) groups excluding carboxylic acids is 3. The summed E-state index contributed by atoms with van der Waals surface area (Å²) in [4.78, 5) is 38.1. The SMILES string of the molecule is C=CCOC(=O)N[C@]1(C(=O)OC)CC[C@@](CNC(=O)c2ccccc2OC)(c2ccccc2)CC1. The lowest BCUT2D eigenvalue weighted by Crippen LogP contribution is -2.60. The highest BCUT2D eigenvalue weighted by atomic mass is 16.6. The van der Waals surface area contributed by atoms with Crippen molar-refractivity contribution in [2.24, 2.45) is 0 Å². The van der Waals surface area contributed by atoms with E-state index in [9.17, 15) is 14.4 Å². The van der Waals surface area contributed by atoms with Crippen molar-refractivity contribution in [3.63, 3.8) is 0 Å². The Kier molecular flexibility index (Phi) is 8.52. The average molecular weight is 481 g/mol. The van der Waals surface area contributed by atoms with Crippen LogP contribution in [0.3, 0.4) is 0 Å². The first-order chi connectivity index (χ1) is 16.9. The highest BCUT2D eigenvalue weighted by molar-refractivity contribution is 5.97. The van der Waals surface area contributed by atoms with Crippen molar-refractivity contribution in [3.05, 3.63) is 78.4 Å². The van der Waals surface area contributed by atoms with Gasteiger partial charge in [0.15, 0.2) is 0 Å². The lowest BCUT2D eigenvalue weighted by molar-refractivity contribution is -0.150. The molecule has 2 N–H and O–H groups in total. The molecule has 2 aromatic rings. The van der Waals surface area contributed by atoms with E-state index in [-0.39, 0.29) is 12.5 Å². The molecule has 0 aromatic heterocycles. The fraction of sp³-hybridized carbons (Fsp3) is 0.370. The zero-order chi connectivity index (χ0) is 25.3. The summed E-state index contributed by atoms with van der Waals surface area (Å²) in [5.41, 5.74) is -0.154. The highest BCUT2D eigenvalue weighted by Gasteiger charge is 2.50. The van der Waals surface area contributed by atoms with Gasteiger partial charge in [-0.3, -0.25) is 4.79 Å². The Morgan fingerprint density at radius 1 is 0.971 bits per heavy atom. The molecular formula is C27H32N2O6. The van der Waals surface area contributed by atoms with Crippen molar-refractivity contribution in [1.29, 1.82) is 0 Å². The Morgan fingerprint density at radius 2 is 1.63 bits per heavy atom. The number of carbonyl (C=O) groups is 3. The van der Waals surface area contributed by atoms with E-state index in [1.54, 1.807) is 18.2 Å². The number of nitrogens with one attached hydrogen (secondary N) is 2. The predicted molar refractivity (Wildman–Crippen MR) is 131 cm³/mol. The summed E-state index contributed by atoms with van der Waals surface area (Å²) < 4.78 is 15.4. The molecule has 1 aliphatic carbocycles. The molecular weight excluding hydrogens is 448 g/mol. The van der Waals surface area contributed by atoms with E-state index in [1.165, 1.54) is 20.3 Å². The fourth-order valence-electron chi connectivity index (χ4n) is 4.63. The molecule has 0 unspecified atom stereocenters. The van der Waals surface area contributed by atoms with Gasteiger partial charge in [-0.15, -0.1) is 0 Å². The third-order valence-electron chi connectivity index (χ3n) is 6.64. The third-order valence-corrected chi connectivity index (χ3v) is 6.64. The molecule has 0 spiro atoms. The highest BCUT2D eigenvalue weighted by Crippen LogP contribution is 2.43. The van der Waals surface area contributed by atoms with Gasteiger partial charge in [0.25, 0.3) is 5.91 Å². The monoisotopic (exact) mass is 480 g/mol. The zero-order valence-corrected chi connectivity index (χ0v) is 20.2. The minimum absolute atomic E-state index is 0.0337. The van der Waals surface area contributed by atoms with E-state index < -0.39 is 23.0 Å². The van der Waals surface area contributed by atoms with Crippen LogP contribution in [0.15, 0.2) is 67.3 Å². The molecule has 2 aromatic carbocycles. The molecule has 1 fully saturated rings. The lowest BCUT2D eigenvalue weighted by atomic mass is 9.64. The number of para-hydroxylation sites is 1. The Hall–Kier alpha value is -3.81. The minimum atomic E-state index is -1.21. The number of rotatable bonds is 9. The zero-order valence-electron chi connectivity index (χ0n) is 20.2. The van der Waals surface area contributed by atoms with E-state index >= 15 is 0 Å². The second kappa shape index (κ2) is 11.6. The van der Waals surface area contributed by atoms with E-state index in [0.29, 0.717) is 43.5 Å². The van der Waals surface area contributed by atoms with Gasteiger partial charge < -0.3 is 24.8 Å². The van der Waals surface area contributed by atoms with Crippen molar-refractivity contribution in [2.75, 3.05) is 27.4 Å². The van der Waals surface area contributed by atoms with Crippen LogP contribution in [-0.2, 0) is 19.7 Å². The second-order valence-electron chi connectivity index (χ2n) is 8.62. The van der Waals surface area contributed by atoms with Crippen LogP contribution in [0, 0.1) is 0 Å². The number of esters is 1. The topological polar surface area (TPSA) is 103 Å². The van der Waals surface area contributed by atoms with Crippen LogP contribution in [0.5, 0.6) is 5.75 Å². The second-order valence-corrected chi connectivity index (χ2v) is 8.62. The van der Waals surface area contributed by atoms with Crippen LogP contribution in [-0.4, -0.2) is 50.9 Å². The van der Waals surface area contributed by atoms with Gasteiger partial charge in [-0.25, -0.2) is 9.59 Å². The Balaban J connectivity index is 1.83. The molecule has 186 valence electrons. The van der Waals surface area contributed by atoms with Crippen molar-refractivity contribution in [2.45, 2.75) is 36.6 Å². The van der Waals surface area contributed by atoms with Crippen molar-refractivity contribution in [1.82, 2.24) is 10.6 Å². The number of hydrogen-bond donors (Lipinski definition) is 2. The molecule has 0 radical (unpaired) electrons. The number of alkyl carbamates (subject to hydrolysis) is 1. The molecule has 8 nitrogen and oxygen atoms in total. The van der Waals surface area contributed by atoms with E-state index in [2.05, 4.69) is 17.2 Å². The van der Waals surface area contributed by atoms with Crippen molar-refractivity contribution in [3.8, 4) is 5.75 Å². The van der Waals surface area contributed by atoms with Gasteiger partial charge in [0.2, 0.25) is 0 Å². The third kappa shape index (κ3) is 5.82. The smallest absolute Gasteiger partial charge is 0.408 e. The van der Waals surface area contributed by atoms with Gasteiger partial charge in [-0.2, -0.15) is 0 Å². The van der Waals surface area contributed by atoms with Crippen LogP contribution in [0.4, 0.5) is 4.79 Å². The van der Waals surface area contributed by atoms with Crippen molar-refractivity contribution >= 4 is 18.0 Å². The number of methoxy groups -OCH3 is 2. The van der Waals surface area contributed by atoms with Gasteiger partial charge in [-0.05, 0) is 43.4 Å². The van der Waals surface area contributed by atoms with Gasteiger partial charge >= 0.3 is 12.1 Å². The fourth-order valence-corrected chi connectivity index (χ4v) is 4.63. The van der Waals surface area contributed by atoms with Crippen LogP contribution in [0.2, 0.25) is 0 Å². The summed E-state index contributed by atoms with van der Waals surface area (Å²) in [5, 5.41) is 5.79. The Bertz CT molecular complexity index is 1040. The first-order valence-electron chi connectivity index (χ1n) is 11.5. The molecule has 0 heterocycles. The molecule has 3 rings (SSSR count). The minimum Gasteiger partial charge on any atom is -0.496 e. The molecule has 8 heteroatoms. The normalized spacial score (nSPS) is 21.3. The first kappa shape index (κ1) is 25.8. The molecule has 2 amide bonds. The van der Waals surface area contributed by atoms with Crippen molar-refractivity contribution < 1.29 is 28.6 Å². The lowest BCUT2D eigenvalue weighted by Gasteiger charge is -2.45. The molecule has 35 heavy (non-hydrogen) atoms. The molecule has 0 atom stereocenters. The Labute approximate surface area is 205 Å². The van der Waals surface area contributed by atoms with E-state index in [0.717, 1.165) is 5.56 Å². The molecule has 0 bridgehead atoms. The van der Waals surface area contributed by atoms with Crippen LogP contribution in [0.25, 0.3) is 0 Å². The maximum Gasteiger partial charge on any atom is 0.408 e. The van der Waals surface area contributed by atoms with Crippen LogP contribution < -0.4 is 15.4 Å². The van der Waals surface area contributed by atoms with E-state index in [4.69, 9.17) is 14.2 Å². The van der Waals surface area contributed by atoms with Gasteiger partial charge in [0, 0.05) is 12.0 Å². The first-order valence-corrected chi connectivity index (χ1v) is 11.5. The van der Waals surface area contributed by atoms with Gasteiger partial charge in [-0.1, -0.05) is 55.1 Å². The molecule has 0 aliphatic heterocycles. The number of amides is 2. The quantitative estimate of drug-likeness (QED) is 0.419. The summed E-state index contributed by atoms with van der Waals surface area (Å²) in [6.07, 6.45) is 2.45. The van der Waals surface area contributed by atoms with E-state index in [1.807, 2.05) is 36.4 Å². The average Bonchev–Trinajstić information content (AvgIpc) is 2.91. The molecule has 1 saturated carbocycles. The number of ether oxygens (including phenoxy) is 3. The maximum atomic E-state index is 13.0. The molecule has 1 aliphatic rings. The number of benzene rings is 2. The largest absolute Gasteiger partial charge is 0.496 e. The predicted octanol–water partition coefficient (Wildman–Crippen LogP) is 3.76. The van der Waals surface area contributed by atoms with Gasteiger partial charge in [0.1, 0.15) is 17.9 Å². The summed E-state index contributed by atoms with van der Waals surface area (Å²) in [5.74, 6) is -0.268. The summed E-state index contributed by atoms with van der Waals surface area (Å²) in [6.45, 7) is 3.92. The molecule has 0 saturated heterocycles. The van der Waals surface area contributed by atoms with Crippen LogP contribution >= 0.6 is 0 Å². The summed E-state index contributed by atoms with van der Waals surface area (Å²) >= 11 is 0. The Morgan fingerprint density at radius 3 is 2.26 bits per heavy atom. The summed E-state index contributed by atoms with van der Waals surface area (Å²) in [7, 11) is 2.82.